The summed E-state index contributed by atoms with van der Waals surface area (Å²) in [6, 6.07) is 12.4. The number of rotatable bonds is 5. The van der Waals surface area contributed by atoms with E-state index in [9.17, 15) is 9.18 Å². The second kappa shape index (κ2) is 8.75. The van der Waals surface area contributed by atoms with Gasteiger partial charge in [0.25, 0.3) is 0 Å². The summed E-state index contributed by atoms with van der Waals surface area (Å²) in [5.74, 6) is 0.968. The Morgan fingerprint density at radius 2 is 2.00 bits per heavy atom. The highest BCUT2D eigenvalue weighted by Gasteiger charge is 2.26. The summed E-state index contributed by atoms with van der Waals surface area (Å²) in [5.41, 5.74) is 3.46. The Morgan fingerprint density at radius 1 is 1.20 bits per heavy atom. The Balaban J connectivity index is 1.31. The van der Waals surface area contributed by atoms with Gasteiger partial charge in [0.05, 0.1) is 6.54 Å². The topological polar surface area (TPSA) is 71.3 Å². The fourth-order valence-electron chi connectivity index (χ4n) is 3.76. The van der Waals surface area contributed by atoms with Gasteiger partial charge in [-0.25, -0.2) is 4.39 Å². The molecular formula is C23H25FN4O2. The molecule has 30 heavy (non-hydrogen) atoms. The number of piperidine rings is 1. The van der Waals surface area contributed by atoms with Crippen molar-refractivity contribution >= 4 is 11.6 Å². The van der Waals surface area contributed by atoms with E-state index in [2.05, 4.69) is 20.4 Å². The molecule has 0 spiro atoms. The van der Waals surface area contributed by atoms with E-state index in [1.54, 1.807) is 6.07 Å². The lowest BCUT2D eigenvalue weighted by Gasteiger charge is -2.29. The second-order valence-corrected chi connectivity index (χ2v) is 7.88. The molecule has 3 aromatic rings. The van der Waals surface area contributed by atoms with E-state index >= 15 is 0 Å². The average Bonchev–Trinajstić information content (AvgIpc) is 3.22. The Labute approximate surface area is 175 Å². The van der Waals surface area contributed by atoms with Crippen LogP contribution in [0.2, 0.25) is 0 Å². The monoisotopic (exact) mass is 408 g/mol. The van der Waals surface area contributed by atoms with Crippen molar-refractivity contribution in [3.8, 4) is 11.4 Å². The molecule has 1 saturated heterocycles. The van der Waals surface area contributed by atoms with Crippen LogP contribution in [0.5, 0.6) is 0 Å². The Morgan fingerprint density at radius 3 is 2.77 bits per heavy atom. The lowest BCUT2D eigenvalue weighted by Crippen LogP contribution is -2.38. The number of nitrogens with zero attached hydrogens (tertiary/aromatic N) is 3. The summed E-state index contributed by atoms with van der Waals surface area (Å²) < 4.78 is 18.9. The van der Waals surface area contributed by atoms with Gasteiger partial charge >= 0.3 is 0 Å². The van der Waals surface area contributed by atoms with Crippen LogP contribution in [0.3, 0.4) is 0 Å². The molecule has 1 aromatic heterocycles. The van der Waals surface area contributed by atoms with Crippen LogP contribution >= 0.6 is 0 Å². The summed E-state index contributed by atoms with van der Waals surface area (Å²) in [6.07, 6.45) is 1.70. The first-order chi connectivity index (χ1) is 14.5. The largest absolute Gasteiger partial charge is 0.339 e. The highest BCUT2D eigenvalue weighted by Crippen LogP contribution is 2.28. The zero-order valence-electron chi connectivity index (χ0n) is 17.2. The molecule has 2 aromatic carbocycles. The van der Waals surface area contributed by atoms with Crippen molar-refractivity contribution < 1.29 is 13.7 Å². The van der Waals surface area contributed by atoms with E-state index in [0.29, 0.717) is 17.4 Å². The van der Waals surface area contributed by atoms with Gasteiger partial charge in [-0.15, -0.1) is 0 Å². The first-order valence-electron chi connectivity index (χ1n) is 10.2. The maximum Gasteiger partial charge on any atom is 0.238 e. The molecule has 2 heterocycles. The number of hydrogen-bond acceptors (Lipinski definition) is 5. The molecule has 1 N–H and O–H groups in total. The van der Waals surface area contributed by atoms with Gasteiger partial charge in [-0.1, -0.05) is 35.0 Å². The predicted octanol–water partition coefficient (Wildman–Crippen LogP) is 4.31. The molecule has 0 unspecified atom stereocenters. The quantitative estimate of drug-likeness (QED) is 0.681. The SMILES string of the molecule is Cc1cccc(-c2noc(C3CCN(CC(=O)Nc4cc(F)ccc4C)CC3)n2)c1. The van der Waals surface area contributed by atoms with Crippen LogP contribution in [0, 0.1) is 19.7 Å². The van der Waals surface area contributed by atoms with Gasteiger partial charge in [0.1, 0.15) is 5.82 Å². The van der Waals surface area contributed by atoms with Crippen LogP contribution in [0.1, 0.15) is 35.8 Å². The third kappa shape index (κ3) is 4.74. The Hall–Kier alpha value is -3.06. The van der Waals surface area contributed by atoms with Crippen LogP contribution in [0.25, 0.3) is 11.4 Å². The summed E-state index contributed by atoms with van der Waals surface area (Å²) in [6.45, 7) is 5.69. The van der Waals surface area contributed by atoms with Gasteiger partial charge < -0.3 is 9.84 Å². The minimum absolute atomic E-state index is 0.137. The standard InChI is InChI=1S/C23H25FN4O2/c1-15-4-3-5-18(12-15)22-26-23(30-27-22)17-8-10-28(11-9-17)14-21(29)25-20-13-19(24)7-6-16(20)2/h3-7,12-13,17H,8-11,14H2,1-2H3,(H,25,29). The van der Waals surface area contributed by atoms with E-state index in [1.165, 1.54) is 12.1 Å². The second-order valence-electron chi connectivity index (χ2n) is 7.88. The number of carbonyl (C=O) groups excluding carboxylic acids is 1. The molecule has 7 heteroatoms. The molecule has 1 aliphatic heterocycles. The summed E-state index contributed by atoms with van der Waals surface area (Å²) >= 11 is 0. The third-order valence-electron chi connectivity index (χ3n) is 5.50. The van der Waals surface area contributed by atoms with E-state index in [4.69, 9.17) is 4.52 Å². The minimum atomic E-state index is -0.360. The van der Waals surface area contributed by atoms with Crippen LogP contribution < -0.4 is 5.32 Å². The maximum absolute atomic E-state index is 13.4. The number of halogens is 1. The average molecular weight is 408 g/mol. The number of aromatic nitrogens is 2. The molecule has 4 rings (SSSR count). The lowest BCUT2D eigenvalue weighted by atomic mass is 9.97. The smallest absolute Gasteiger partial charge is 0.238 e. The van der Waals surface area contributed by atoms with Crippen molar-refractivity contribution in [2.45, 2.75) is 32.6 Å². The highest BCUT2D eigenvalue weighted by molar-refractivity contribution is 5.92. The molecule has 0 radical (unpaired) electrons. The molecule has 1 fully saturated rings. The summed E-state index contributed by atoms with van der Waals surface area (Å²) in [4.78, 5) is 19.1. The number of amides is 1. The first kappa shape index (κ1) is 20.2. The predicted molar refractivity (Wildman–Crippen MR) is 113 cm³/mol. The Bertz CT molecular complexity index is 1040. The number of hydrogen-bond donors (Lipinski definition) is 1. The zero-order chi connectivity index (χ0) is 21.1. The highest BCUT2D eigenvalue weighted by atomic mass is 19.1. The number of likely N-dealkylation sites (tertiary alicyclic amines) is 1. The van der Waals surface area contributed by atoms with Crippen molar-refractivity contribution in [2.24, 2.45) is 0 Å². The first-order valence-corrected chi connectivity index (χ1v) is 10.2. The summed E-state index contributed by atoms with van der Waals surface area (Å²) in [7, 11) is 0. The third-order valence-corrected chi connectivity index (χ3v) is 5.50. The van der Waals surface area contributed by atoms with E-state index < -0.39 is 0 Å². The lowest BCUT2D eigenvalue weighted by molar-refractivity contribution is -0.117. The fraction of sp³-hybridized carbons (Fsp3) is 0.348. The number of benzene rings is 2. The van der Waals surface area contributed by atoms with Crippen molar-refractivity contribution in [3.05, 3.63) is 65.3 Å². The molecule has 0 atom stereocenters. The van der Waals surface area contributed by atoms with Crippen molar-refractivity contribution in [1.82, 2.24) is 15.0 Å². The minimum Gasteiger partial charge on any atom is -0.339 e. The van der Waals surface area contributed by atoms with Crippen LogP contribution in [0.15, 0.2) is 47.0 Å². The number of carbonyl (C=O) groups is 1. The van der Waals surface area contributed by atoms with Crippen molar-refractivity contribution in [1.29, 1.82) is 0 Å². The molecule has 6 nitrogen and oxygen atoms in total. The van der Waals surface area contributed by atoms with Gasteiger partial charge in [0, 0.05) is 17.2 Å². The fourth-order valence-corrected chi connectivity index (χ4v) is 3.76. The van der Waals surface area contributed by atoms with Crippen molar-refractivity contribution in [2.75, 3.05) is 25.0 Å². The molecule has 0 bridgehead atoms. The normalized spacial score (nSPS) is 15.3. The number of nitrogens with one attached hydrogen (secondary N) is 1. The van der Waals surface area contributed by atoms with Crippen molar-refractivity contribution in [3.63, 3.8) is 0 Å². The van der Waals surface area contributed by atoms with Crippen LogP contribution in [-0.2, 0) is 4.79 Å². The molecule has 0 aliphatic carbocycles. The molecule has 1 amide bonds. The molecule has 1 aliphatic rings. The molecular weight excluding hydrogens is 383 g/mol. The Kier molecular flexibility index (Phi) is 5.90. The number of aryl methyl sites for hydroxylation is 2. The van der Waals surface area contributed by atoms with E-state index in [1.807, 2.05) is 38.1 Å². The van der Waals surface area contributed by atoms with Crippen LogP contribution in [0.4, 0.5) is 10.1 Å². The maximum atomic E-state index is 13.4. The van der Waals surface area contributed by atoms with E-state index in [0.717, 1.165) is 42.6 Å². The molecule has 0 saturated carbocycles. The van der Waals surface area contributed by atoms with Gasteiger partial charge in [-0.05, 0) is 63.5 Å². The van der Waals surface area contributed by atoms with E-state index in [-0.39, 0.29) is 24.2 Å². The van der Waals surface area contributed by atoms with Gasteiger partial charge in [0.2, 0.25) is 17.6 Å². The molecule has 156 valence electrons. The van der Waals surface area contributed by atoms with Gasteiger partial charge in [-0.3, -0.25) is 9.69 Å². The van der Waals surface area contributed by atoms with Gasteiger partial charge in [-0.2, -0.15) is 4.98 Å². The van der Waals surface area contributed by atoms with Gasteiger partial charge in [0.15, 0.2) is 0 Å². The zero-order valence-corrected chi connectivity index (χ0v) is 17.2. The van der Waals surface area contributed by atoms with Crippen LogP contribution in [-0.4, -0.2) is 40.6 Å². The number of anilines is 1. The summed E-state index contributed by atoms with van der Waals surface area (Å²) in [5, 5.41) is 6.94.